The summed E-state index contributed by atoms with van der Waals surface area (Å²) in [6.45, 7) is 1.96. The molecule has 2 aromatic carbocycles. The summed E-state index contributed by atoms with van der Waals surface area (Å²) in [6, 6.07) is 12.5. The van der Waals surface area contributed by atoms with Crippen LogP contribution in [0.1, 0.15) is 35.7 Å². The Labute approximate surface area is 145 Å². The van der Waals surface area contributed by atoms with Crippen molar-refractivity contribution >= 4 is 11.9 Å². The second-order valence-corrected chi connectivity index (χ2v) is 5.72. The molecule has 0 aromatic heterocycles. The van der Waals surface area contributed by atoms with E-state index in [4.69, 9.17) is 9.84 Å². The van der Waals surface area contributed by atoms with E-state index in [2.05, 4.69) is 5.32 Å². The fourth-order valence-corrected chi connectivity index (χ4v) is 2.24. The highest BCUT2D eigenvalue weighted by molar-refractivity contribution is 5.97. The Hall–Kier alpha value is -2.89. The molecule has 0 saturated carbocycles. The fourth-order valence-electron chi connectivity index (χ4n) is 2.24. The summed E-state index contributed by atoms with van der Waals surface area (Å²) in [5.41, 5.74) is 1.15. The number of amides is 1. The van der Waals surface area contributed by atoms with Gasteiger partial charge in [0.05, 0.1) is 5.56 Å². The van der Waals surface area contributed by atoms with Gasteiger partial charge in [-0.3, -0.25) is 9.59 Å². The molecule has 25 heavy (non-hydrogen) atoms. The van der Waals surface area contributed by atoms with Gasteiger partial charge >= 0.3 is 5.97 Å². The number of carbonyl (C=O) groups excluding carboxylic acids is 1. The van der Waals surface area contributed by atoms with Gasteiger partial charge in [0.1, 0.15) is 18.2 Å². The zero-order valence-corrected chi connectivity index (χ0v) is 13.9. The number of carboxylic acids is 1. The normalized spacial score (nSPS) is 11.6. The highest BCUT2D eigenvalue weighted by atomic mass is 19.1. The quantitative estimate of drug-likeness (QED) is 0.769. The molecule has 0 aliphatic rings. The number of nitrogens with one attached hydrogen (secondary N) is 1. The van der Waals surface area contributed by atoms with Crippen LogP contribution in [0.4, 0.5) is 4.39 Å². The fraction of sp³-hybridized carbons (Fsp3) is 0.263. The van der Waals surface area contributed by atoms with Gasteiger partial charge in [-0.15, -0.1) is 0 Å². The number of carboxylic acid groups (broad SMARTS) is 1. The first-order valence-corrected chi connectivity index (χ1v) is 7.94. The molecular weight excluding hydrogens is 325 g/mol. The third-order valence-corrected chi connectivity index (χ3v) is 3.61. The predicted octanol–water partition coefficient (Wildman–Crippen LogP) is 3.39. The zero-order chi connectivity index (χ0) is 18.2. The number of ether oxygens (including phenoxy) is 1. The lowest BCUT2D eigenvalue weighted by atomic mass is 10.1. The molecule has 1 amide bonds. The zero-order valence-electron chi connectivity index (χ0n) is 13.9. The van der Waals surface area contributed by atoms with Crippen LogP contribution in [-0.4, -0.2) is 23.0 Å². The minimum Gasteiger partial charge on any atom is -0.488 e. The summed E-state index contributed by atoms with van der Waals surface area (Å²) in [5, 5.41) is 11.5. The second-order valence-electron chi connectivity index (χ2n) is 5.72. The molecule has 0 radical (unpaired) electrons. The van der Waals surface area contributed by atoms with E-state index in [0.717, 1.165) is 5.56 Å². The summed E-state index contributed by atoms with van der Waals surface area (Å²) < 4.78 is 18.6. The standard InChI is InChI=1S/C19H20FNO4/c1-13(6-11-18(22)23)21-19(24)16-4-2-3-5-17(16)25-12-14-7-9-15(20)10-8-14/h2-5,7-10,13H,6,11-12H2,1H3,(H,21,24)(H,22,23). The van der Waals surface area contributed by atoms with E-state index in [-0.39, 0.29) is 30.8 Å². The van der Waals surface area contributed by atoms with Crippen molar-refractivity contribution in [3.63, 3.8) is 0 Å². The Morgan fingerprint density at radius 2 is 1.84 bits per heavy atom. The number of hydrogen-bond acceptors (Lipinski definition) is 3. The first-order valence-electron chi connectivity index (χ1n) is 7.94. The molecule has 2 rings (SSSR count). The van der Waals surface area contributed by atoms with Crippen LogP contribution in [-0.2, 0) is 11.4 Å². The largest absolute Gasteiger partial charge is 0.488 e. The summed E-state index contributed by atoms with van der Waals surface area (Å²) in [4.78, 5) is 23.0. The van der Waals surface area contributed by atoms with Crippen LogP contribution >= 0.6 is 0 Å². The molecule has 0 saturated heterocycles. The van der Waals surface area contributed by atoms with Gasteiger partial charge in [0.2, 0.25) is 0 Å². The molecule has 2 N–H and O–H groups in total. The molecule has 0 heterocycles. The number of carbonyl (C=O) groups is 2. The van der Waals surface area contributed by atoms with Crippen LogP contribution in [0.25, 0.3) is 0 Å². The first-order chi connectivity index (χ1) is 12.0. The Balaban J connectivity index is 2.00. The number of para-hydroxylation sites is 1. The van der Waals surface area contributed by atoms with Gasteiger partial charge in [-0.25, -0.2) is 4.39 Å². The minimum atomic E-state index is -0.899. The van der Waals surface area contributed by atoms with Crippen molar-refractivity contribution in [2.75, 3.05) is 0 Å². The number of aliphatic carboxylic acids is 1. The minimum absolute atomic E-state index is 0.00976. The number of rotatable bonds is 8. The molecule has 0 aliphatic heterocycles. The maximum atomic E-state index is 12.9. The molecular formula is C19H20FNO4. The molecule has 132 valence electrons. The van der Waals surface area contributed by atoms with Crippen LogP contribution in [0, 0.1) is 5.82 Å². The Morgan fingerprint density at radius 3 is 2.52 bits per heavy atom. The Morgan fingerprint density at radius 1 is 1.16 bits per heavy atom. The van der Waals surface area contributed by atoms with Gasteiger partial charge in [0, 0.05) is 12.5 Å². The van der Waals surface area contributed by atoms with Crippen LogP contribution in [0.3, 0.4) is 0 Å². The average molecular weight is 345 g/mol. The summed E-state index contributed by atoms with van der Waals surface area (Å²) in [5.74, 6) is -1.13. The molecule has 2 aromatic rings. The SMILES string of the molecule is CC(CCC(=O)O)NC(=O)c1ccccc1OCc1ccc(F)cc1. The van der Waals surface area contributed by atoms with Crippen molar-refractivity contribution in [1.82, 2.24) is 5.32 Å². The Bertz CT molecular complexity index is 730. The topological polar surface area (TPSA) is 75.6 Å². The van der Waals surface area contributed by atoms with Crippen molar-refractivity contribution < 1.29 is 23.8 Å². The molecule has 1 atom stereocenters. The van der Waals surface area contributed by atoms with Crippen molar-refractivity contribution in [2.45, 2.75) is 32.4 Å². The van der Waals surface area contributed by atoms with Crippen LogP contribution in [0.5, 0.6) is 5.75 Å². The van der Waals surface area contributed by atoms with Gasteiger partial charge in [-0.2, -0.15) is 0 Å². The van der Waals surface area contributed by atoms with E-state index in [1.165, 1.54) is 12.1 Å². The second kappa shape index (κ2) is 8.82. The highest BCUT2D eigenvalue weighted by Gasteiger charge is 2.15. The first kappa shape index (κ1) is 18.4. The van der Waals surface area contributed by atoms with Gasteiger partial charge in [0.15, 0.2) is 0 Å². The summed E-state index contributed by atoms with van der Waals surface area (Å²) in [6.07, 6.45) is 0.337. The van der Waals surface area contributed by atoms with E-state index in [1.54, 1.807) is 43.3 Å². The van der Waals surface area contributed by atoms with Gasteiger partial charge in [-0.1, -0.05) is 24.3 Å². The van der Waals surface area contributed by atoms with Crippen LogP contribution < -0.4 is 10.1 Å². The Kier molecular flexibility index (Phi) is 6.51. The monoisotopic (exact) mass is 345 g/mol. The lowest BCUT2D eigenvalue weighted by Crippen LogP contribution is -2.33. The van der Waals surface area contributed by atoms with E-state index in [9.17, 15) is 14.0 Å². The van der Waals surface area contributed by atoms with Crippen molar-refractivity contribution in [2.24, 2.45) is 0 Å². The maximum absolute atomic E-state index is 12.9. The summed E-state index contributed by atoms with van der Waals surface area (Å²) in [7, 11) is 0. The van der Waals surface area contributed by atoms with Gasteiger partial charge in [-0.05, 0) is 43.2 Å². The van der Waals surface area contributed by atoms with E-state index in [0.29, 0.717) is 17.7 Å². The maximum Gasteiger partial charge on any atom is 0.303 e. The lowest BCUT2D eigenvalue weighted by Gasteiger charge is -2.15. The lowest BCUT2D eigenvalue weighted by molar-refractivity contribution is -0.137. The smallest absolute Gasteiger partial charge is 0.303 e. The number of benzene rings is 2. The summed E-state index contributed by atoms with van der Waals surface area (Å²) >= 11 is 0. The molecule has 0 bridgehead atoms. The van der Waals surface area contributed by atoms with Gasteiger partial charge in [0.25, 0.3) is 5.91 Å². The van der Waals surface area contributed by atoms with Gasteiger partial charge < -0.3 is 15.2 Å². The molecule has 6 heteroatoms. The molecule has 1 unspecified atom stereocenters. The average Bonchev–Trinajstić information content (AvgIpc) is 2.59. The predicted molar refractivity (Wildman–Crippen MR) is 91.0 cm³/mol. The van der Waals surface area contributed by atoms with Crippen molar-refractivity contribution in [1.29, 1.82) is 0 Å². The van der Waals surface area contributed by atoms with Crippen LogP contribution in [0.2, 0.25) is 0 Å². The molecule has 5 nitrogen and oxygen atoms in total. The van der Waals surface area contributed by atoms with E-state index < -0.39 is 5.97 Å². The third kappa shape index (κ3) is 5.91. The van der Waals surface area contributed by atoms with E-state index in [1.807, 2.05) is 0 Å². The van der Waals surface area contributed by atoms with Crippen molar-refractivity contribution in [3.05, 3.63) is 65.5 Å². The third-order valence-electron chi connectivity index (χ3n) is 3.61. The number of halogens is 1. The highest BCUT2D eigenvalue weighted by Crippen LogP contribution is 2.20. The van der Waals surface area contributed by atoms with E-state index >= 15 is 0 Å². The molecule has 0 aliphatic carbocycles. The number of hydrogen-bond donors (Lipinski definition) is 2. The molecule has 0 spiro atoms. The molecule has 0 fully saturated rings. The van der Waals surface area contributed by atoms with Crippen molar-refractivity contribution in [3.8, 4) is 5.75 Å². The van der Waals surface area contributed by atoms with Crippen LogP contribution in [0.15, 0.2) is 48.5 Å².